The van der Waals surface area contributed by atoms with Gasteiger partial charge in [-0.2, -0.15) is 0 Å². The lowest BCUT2D eigenvalue weighted by atomic mass is 9.86. The molecule has 262 valence electrons. The van der Waals surface area contributed by atoms with Crippen molar-refractivity contribution in [3.05, 3.63) is 156 Å². The number of hydrogen-bond acceptors (Lipinski definition) is 3. The molecule has 8 aromatic rings. The Kier molecular flexibility index (Phi) is 8.30. The molecule has 2 heterocycles. The minimum Gasteiger partial charge on any atom is -0.507 e. The number of aromatic hydroxyl groups is 1. The van der Waals surface area contributed by atoms with Crippen molar-refractivity contribution in [2.24, 2.45) is 0 Å². The molecule has 0 aliphatic rings. The van der Waals surface area contributed by atoms with E-state index in [1.165, 1.54) is 16.7 Å². The predicted octanol–water partition coefficient (Wildman–Crippen LogP) is 12.9. The largest absolute Gasteiger partial charge is 0.507 e. The van der Waals surface area contributed by atoms with E-state index in [9.17, 15) is 5.11 Å². The summed E-state index contributed by atoms with van der Waals surface area (Å²) in [5.74, 6) is 0.893. The van der Waals surface area contributed by atoms with Gasteiger partial charge >= 0.3 is 0 Å². The molecule has 0 unspecified atom stereocenters. The fraction of sp³-hybridized carbons (Fsp3) is 0.184. The first-order chi connectivity index (χ1) is 25.3. The van der Waals surface area contributed by atoms with Crippen LogP contribution in [0.3, 0.4) is 0 Å². The first-order valence-corrected chi connectivity index (χ1v) is 18.4. The van der Waals surface area contributed by atoms with Crippen molar-refractivity contribution in [2.75, 3.05) is 0 Å². The summed E-state index contributed by atoms with van der Waals surface area (Å²) in [7, 11) is 0. The highest BCUT2D eigenvalue weighted by atomic mass is 16.3. The van der Waals surface area contributed by atoms with Crippen LogP contribution in [0, 0.1) is 6.92 Å². The van der Waals surface area contributed by atoms with Gasteiger partial charge in [0, 0.05) is 28.4 Å². The molecule has 0 amide bonds. The fourth-order valence-electron chi connectivity index (χ4n) is 7.38. The number of aromatic nitrogens is 3. The lowest BCUT2D eigenvalue weighted by molar-refractivity contribution is 0.477. The summed E-state index contributed by atoms with van der Waals surface area (Å²) in [6.07, 6.45) is 1.88. The summed E-state index contributed by atoms with van der Waals surface area (Å²) in [5, 5.41) is 12.2. The van der Waals surface area contributed by atoms with Gasteiger partial charge in [0.1, 0.15) is 11.6 Å². The van der Waals surface area contributed by atoms with E-state index in [0.29, 0.717) is 11.4 Å². The summed E-state index contributed by atoms with van der Waals surface area (Å²) in [6, 6.07) is 46.9. The Balaban J connectivity index is 1.31. The Hall–Kier alpha value is -6.00. The summed E-state index contributed by atoms with van der Waals surface area (Å²) in [5.41, 5.74) is 15.0. The number of rotatable bonds is 5. The van der Waals surface area contributed by atoms with Crippen LogP contribution in [-0.4, -0.2) is 19.6 Å². The number of nitrogens with zero attached hydrogens (tertiary/aromatic N) is 3. The van der Waals surface area contributed by atoms with Crippen molar-refractivity contribution in [2.45, 2.75) is 59.3 Å². The standard InChI is InChI=1S/C49H45N3O/c1-31-26-35(29-36(27-31)42-30-34(28-33-12-11-25-50-45(33)42)32-17-19-37(20-18-32)48(2,3)4)40-14-10-15-43-46(40)51-47(41-13-8-9-16-44(41)53)52(43)39-23-21-38(22-24-39)49(5,6)7/h8-30,53H,1-7H3. The maximum absolute atomic E-state index is 11.1. The van der Waals surface area contributed by atoms with Crippen molar-refractivity contribution in [1.82, 2.24) is 14.5 Å². The average Bonchev–Trinajstić information content (AvgIpc) is 3.53. The molecule has 0 radical (unpaired) electrons. The molecule has 0 spiro atoms. The monoisotopic (exact) mass is 691 g/mol. The third kappa shape index (κ3) is 6.40. The number of para-hydroxylation sites is 2. The van der Waals surface area contributed by atoms with Crippen LogP contribution in [0.15, 0.2) is 140 Å². The first-order valence-electron chi connectivity index (χ1n) is 18.4. The van der Waals surface area contributed by atoms with Crippen molar-refractivity contribution < 1.29 is 5.11 Å². The smallest absolute Gasteiger partial charge is 0.149 e. The summed E-state index contributed by atoms with van der Waals surface area (Å²) in [4.78, 5) is 10.2. The number of fused-ring (bicyclic) bond motifs is 2. The third-order valence-corrected chi connectivity index (χ3v) is 10.3. The molecule has 0 atom stereocenters. The number of phenolic OH excluding ortho intramolecular Hbond substituents is 1. The van der Waals surface area contributed by atoms with E-state index in [1.807, 2.05) is 30.5 Å². The molecule has 4 heteroatoms. The Labute approximate surface area is 312 Å². The van der Waals surface area contributed by atoms with E-state index in [-0.39, 0.29) is 16.6 Å². The van der Waals surface area contributed by atoms with Gasteiger partial charge in [-0.25, -0.2) is 4.98 Å². The molecule has 0 fully saturated rings. The molecule has 0 aliphatic carbocycles. The second-order valence-electron chi connectivity index (χ2n) is 16.3. The van der Waals surface area contributed by atoms with Crippen LogP contribution in [0.25, 0.3) is 72.4 Å². The van der Waals surface area contributed by atoms with Gasteiger partial charge in [0.25, 0.3) is 0 Å². The van der Waals surface area contributed by atoms with Gasteiger partial charge in [-0.05, 0) is 111 Å². The Bertz CT molecular complexity index is 2630. The lowest BCUT2D eigenvalue weighted by Crippen LogP contribution is -2.11. The van der Waals surface area contributed by atoms with E-state index in [4.69, 9.17) is 9.97 Å². The zero-order valence-corrected chi connectivity index (χ0v) is 31.6. The quantitative estimate of drug-likeness (QED) is 0.195. The lowest BCUT2D eigenvalue weighted by Gasteiger charge is -2.20. The fourth-order valence-corrected chi connectivity index (χ4v) is 7.38. The maximum Gasteiger partial charge on any atom is 0.149 e. The third-order valence-electron chi connectivity index (χ3n) is 10.3. The van der Waals surface area contributed by atoms with Gasteiger partial charge in [0.05, 0.1) is 22.1 Å². The van der Waals surface area contributed by atoms with Crippen LogP contribution in [0.4, 0.5) is 0 Å². The molecule has 6 aromatic carbocycles. The van der Waals surface area contributed by atoms with E-state index in [2.05, 4.69) is 156 Å². The zero-order valence-electron chi connectivity index (χ0n) is 31.6. The number of imidazole rings is 1. The van der Waals surface area contributed by atoms with Crippen LogP contribution < -0.4 is 0 Å². The SMILES string of the molecule is Cc1cc(-c2cc(-c3ccc(C(C)(C)C)cc3)cc3cccnc23)cc(-c2cccc3c2nc(-c2ccccc2O)n3-c2ccc(C(C)(C)C)cc2)c1. The minimum atomic E-state index is 0.0311. The average molecular weight is 692 g/mol. The van der Waals surface area contributed by atoms with E-state index in [0.717, 1.165) is 61.0 Å². The zero-order chi connectivity index (χ0) is 37.1. The van der Waals surface area contributed by atoms with E-state index >= 15 is 0 Å². The molecule has 0 saturated carbocycles. The number of benzene rings is 6. The topological polar surface area (TPSA) is 50.9 Å². The first kappa shape index (κ1) is 34.1. The van der Waals surface area contributed by atoms with Crippen LogP contribution in [0.5, 0.6) is 5.75 Å². The van der Waals surface area contributed by atoms with E-state index < -0.39 is 0 Å². The molecule has 1 N–H and O–H groups in total. The van der Waals surface area contributed by atoms with Crippen LogP contribution in [-0.2, 0) is 10.8 Å². The summed E-state index contributed by atoms with van der Waals surface area (Å²) < 4.78 is 2.17. The van der Waals surface area contributed by atoms with Crippen molar-refractivity contribution in [3.8, 4) is 56.2 Å². The molecule has 0 aliphatic heterocycles. The van der Waals surface area contributed by atoms with Crippen LogP contribution in [0.1, 0.15) is 58.2 Å². The highest BCUT2D eigenvalue weighted by Gasteiger charge is 2.21. The van der Waals surface area contributed by atoms with E-state index in [1.54, 1.807) is 6.07 Å². The van der Waals surface area contributed by atoms with Gasteiger partial charge in [-0.15, -0.1) is 0 Å². The van der Waals surface area contributed by atoms with Crippen molar-refractivity contribution in [3.63, 3.8) is 0 Å². The Morgan fingerprint density at radius 1 is 0.528 bits per heavy atom. The van der Waals surface area contributed by atoms with Gasteiger partial charge in [-0.3, -0.25) is 9.55 Å². The number of hydrogen-bond donors (Lipinski definition) is 1. The minimum absolute atomic E-state index is 0.0311. The highest BCUT2D eigenvalue weighted by Crippen LogP contribution is 2.40. The Morgan fingerprint density at radius 2 is 1.17 bits per heavy atom. The normalized spacial score (nSPS) is 12.1. The van der Waals surface area contributed by atoms with Crippen molar-refractivity contribution >= 4 is 21.9 Å². The van der Waals surface area contributed by atoms with Gasteiger partial charge in [-0.1, -0.05) is 120 Å². The summed E-state index contributed by atoms with van der Waals surface area (Å²) >= 11 is 0. The van der Waals surface area contributed by atoms with Crippen LogP contribution >= 0.6 is 0 Å². The summed E-state index contributed by atoms with van der Waals surface area (Å²) in [6.45, 7) is 15.6. The number of aryl methyl sites for hydroxylation is 1. The van der Waals surface area contributed by atoms with Crippen LogP contribution in [0.2, 0.25) is 0 Å². The van der Waals surface area contributed by atoms with Gasteiger partial charge in [0.15, 0.2) is 0 Å². The maximum atomic E-state index is 11.1. The second kappa shape index (κ2) is 12.9. The van der Waals surface area contributed by atoms with Gasteiger partial charge < -0.3 is 5.11 Å². The number of pyridine rings is 1. The molecule has 4 nitrogen and oxygen atoms in total. The molecule has 0 bridgehead atoms. The Morgan fingerprint density at radius 3 is 1.85 bits per heavy atom. The highest BCUT2D eigenvalue weighted by molar-refractivity contribution is 6.00. The van der Waals surface area contributed by atoms with Crippen molar-refractivity contribution in [1.29, 1.82) is 0 Å². The molecule has 53 heavy (non-hydrogen) atoms. The predicted molar refractivity (Wildman–Crippen MR) is 222 cm³/mol. The van der Waals surface area contributed by atoms with Gasteiger partial charge in [0.2, 0.25) is 0 Å². The molecule has 8 rings (SSSR count). The second-order valence-corrected chi connectivity index (χ2v) is 16.3. The molecule has 0 saturated heterocycles. The molecular formula is C49H45N3O. The molecular weight excluding hydrogens is 647 g/mol. The molecule has 2 aromatic heterocycles. The number of phenols is 1.